The predicted octanol–water partition coefficient (Wildman–Crippen LogP) is 3.28. The fraction of sp³-hybridized carbons (Fsp3) is 0.304. The Morgan fingerprint density at radius 3 is 2.52 bits per heavy atom. The molecule has 2 heterocycles. The van der Waals surface area contributed by atoms with Crippen LogP contribution in [0.15, 0.2) is 54.6 Å². The van der Waals surface area contributed by atoms with Gasteiger partial charge in [-0.3, -0.25) is 9.59 Å². The van der Waals surface area contributed by atoms with Crippen LogP contribution in [0.5, 0.6) is 0 Å². The Morgan fingerprint density at radius 2 is 1.81 bits per heavy atom. The van der Waals surface area contributed by atoms with Crippen LogP contribution in [0.2, 0.25) is 0 Å². The van der Waals surface area contributed by atoms with Gasteiger partial charge in [-0.1, -0.05) is 44.2 Å². The zero-order valence-corrected chi connectivity index (χ0v) is 17.5. The Kier molecular flexibility index (Phi) is 5.70. The lowest BCUT2D eigenvalue weighted by molar-refractivity contribution is -0.122. The van der Waals surface area contributed by atoms with Gasteiger partial charge in [0, 0.05) is 6.42 Å². The van der Waals surface area contributed by atoms with Gasteiger partial charge in [-0.05, 0) is 36.6 Å². The SMILES string of the molecule is CC(C)[C@H](NC(=O)CC[C@@H]1NC(=O)N(c2ccccc2)C1=O)c1nc2ccccc2[nH]1. The number of rotatable bonds is 7. The Hall–Kier alpha value is -3.68. The van der Waals surface area contributed by atoms with E-state index >= 15 is 0 Å². The van der Waals surface area contributed by atoms with Crippen molar-refractivity contribution in [2.45, 2.75) is 38.8 Å². The van der Waals surface area contributed by atoms with E-state index in [4.69, 9.17) is 0 Å². The van der Waals surface area contributed by atoms with Crippen LogP contribution in [0, 0.1) is 5.92 Å². The molecule has 4 rings (SSSR count). The van der Waals surface area contributed by atoms with Crippen LogP contribution < -0.4 is 15.5 Å². The summed E-state index contributed by atoms with van der Waals surface area (Å²) in [6.45, 7) is 4.02. The maximum Gasteiger partial charge on any atom is 0.329 e. The number of nitrogens with one attached hydrogen (secondary N) is 3. The van der Waals surface area contributed by atoms with Gasteiger partial charge in [-0.2, -0.15) is 0 Å². The Balaban J connectivity index is 1.39. The Labute approximate surface area is 180 Å². The van der Waals surface area contributed by atoms with Gasteiger partial charge in [-0.15, -0.1) is 0 Å². The number of urea groups is 1. The maximum absolute atomic E-state index is 12.7. The maximum atomic E-state index is 12.7. The molecule has 2 aromatic carbocycles. The second-order valence-electron chi connectivity index (χ2n) is 7.98. The van der Waals surface area contributed by atoms with E-state index in [9.17, 15) is 14.4 Å². The summed E-state index contributed by atoms with van der Waals surface area (Å²) in [4.78, 5) is 46.6. The van der Waals surface area contributed by atoms with E-state index in [-0.39, 0.29) is 36.6 Å². The molecule has 0 saturated carbocycles. The summed E-state index contributed by atoms with van der Waals surface area (Å²) in [7, 11) is 0. The van der Waals surface area contributed by atoms with Crippen molar-refractivity contribution in [1.82, 2.24) is 20.6 Å². The van der Waals surface area contributed by atoms with Gasteiger partial charge in [0.1, 0.15) is 11.9 Å². The molecule has 4 amide bonds. The highest BCUT2D eigenvalue weighted by Crippen LogP contribution is 2.23. The molecule has 0 spiro atoms. The quantitative estimate of drug-likeness (QED) is 0.511. The van der Waals surface area contributed by atoms with Crippen molar-refractivity contribution in [1.29, 1.82) is 0 Å². The van der Waals surface area contributed by atoms with Gasteiger partial charge in [0.2, 0.25) is 5.91 Å². The third-order valence-electron chi connectivity index (χ3n) is 5.38. The summed E-state index contributed by atoms with van der Waals surface area (Å²) in [5, 5.41) is 5.69. The van der Waals surface area contributed by atoms with Crippen molar-refractivity contribution in [3.63, 3.8) is 0 Å². The molecule has 1 aromatic heterocycles. The minimum absolute atomic E-state index is 0.114. The number of H-pyrrole nitrogens is 1. The zero-order valence-electron chi connectivity index (χ0n) is 17.5. The molecule has 1 aliphatic rings. The van der Waals surface area contributed by atoms with Crippen LogP contribution >= 0.6 is 0 Å². The summed E-state index contributed by atoms with van der Waals surface area (Å²) in [5.41, 5.74) is 2.28. The minimum atomic E-state index is -0.720. The number of aromatic nitrogens is 2. The van der Waals surface area contributed by atoms with Crippen LogP contribution in [-0.4, -0.2) is 33.9 Å². The molecule has 3 aromatic rings. The number of aromatic amines is 1. The predicted molar refractivity (Wildman–Crippen MR) is 117 cm³/mol. The molecule has 1 aliphatic heterocycles. The van der Waals surface area contributed by atoms with Crippen LogP contribution in [0.4, 0.5) is 10.5 Å². The number of benzene rings is 2. The molecule has 8 nitrogen and oxygen atoms in total. The third kappa shape index (κ3) is 4.28. The highest BCUT2D eigenvalue weighted by molar-refractivity contribution is 6.21. The van der Waals surface area contributed by atoms with Crippen LogP contribution in [0.25, 0.3) is 11.0 Å². The number of anilines is 1. The number of nitrogens with zero attached hydrogens (tertiary/aromatic N) is 2. The van der Waals surface area contributed by atoms with Gasteiger partial charge in [0.25, 0.3) is 5.91 Å². The number of hydrogen-bond donors (Lipinski definition) is 3. The third-order valence-corrected chi connectivity index (χ3v) is 5.38. The molecule has 31 heavy (non-hydrogen) atoms. The zero-order chi connectivity index (χ0) is 22.0. The number of para-hydroxylation sites is 3. The van der Waals surface area contributed by atoms with Crippen molar-refractivity contribution < 1.29 is 14.4 Å². The van der Waals surface area contributed by atoms with E-state index < -0.39 is 12.1 Å². The van der Waals surface area contributed by atoms with E-state index in [1.54, 1.807) is 24.3 Å². The molecular weight excluding hydrogens is 394 g/mol. The van der Waals surface area contributed by atoms with Gasteiger partial charge < -0.3 is 15.6 Å². The first-order valence-electron chi connectivity index (χ1n) is 10.4. The van der Waals surface area contributed by atoms with E-state index in [1.807, 2.05) is 44.2 Å². The summed E-state index contributed by atoms with van der Waals surface area (Å²) >= 11 is 0. The summed E-state index contributed by atoms with van der Waals surface area (Å²) in [5.74, 6) is 0.275. The number of carbonyl (C=O) groups excluding carboxylic acids is 3. The van der Waals surface area contributed by atoms with Gasteiger partial charge in [0.15, 0.2) is 0 Å². The Morgan fingerprint density at radius 1 is 1.10 bits per heavy atom. The van der Waals surface area contributed by atoms with Crippen molar-refractivity contribution in [3.05, 3.63) is 60.4 Å². The first-order valence-corrected chi connectivity index (χ1v) is 10.4. The second-order valence-corrected chi connectivity index (χ2v) is 7.98. The van der Waals surface area contributed by atoms with Crippen LogP contribution in [-0.2, 0) is 9.59 Å². The average Bonchev–Trinajstić information content (AvgIpc) is 3.31. The molecule has 160 valence electrons. The second kappa shape index (κ2) is 8.59. The Bertz CT molecular complexity index is 1080. The van der Waals surface area contributed by atoms with E-state index in [0.717, 1.165) is 15.9 Å². The first kappa shape index (κ1) is 20.6. The van der Waals surface area contributed by atoms with Gasteiger partial charge in [0.05, 0.1) is 22.8 Å². The molecule has 1 saturated heterocycles. The molecule has 0 unspecified atom stereocenters. The van der Waals surface area contributed by atoms with E-state index in [1.165, 1.54) is 0 Å². The molecule has 8 heteroatoms. The molecule has 0 radical (unpaired) electrons. The van der Waals surface area contributed by atoms with Gasteiger partial charge in [-0.25, -0.2) is 14.7 Å². The number of imide groups is 1. The fourth-order valence-corrected chi connectivity index (χ4v) is 3.74. The molecule has 0 bridgehead atoms. The number of amides is 4. The first-order chi connectivity index (χ1) is 14.9. The molecule has 3 N–H and O–H groups in total. The van der Waals surface area contributed by atoms with Crippen molar-refractivity contribution in [3.8, 4) is 0 Å². The van der Waals surface area contributed by atoms with E-state index in [0.29, 0.717) is 11.5 Å². The largest absolute Gasteiger partial charge is 0.346 e. The highest BCUT2D eigenvalue weighted by Gasteiger charge is 2.39. The minimum Gasteiger partial charge on any atom is -0.346 e. The summed E-state index contributed by atoms with van der Waals surface area (Å²) in [6, 6.07) is 15.0. The highest BCUT2D eigenvalue weighted by atomic mass is 16.2. The van der Waals surface area contributed by atoms with Crippen molar-refractivity contribution in [2.75, 3.05) is 4.90 Å². The number of carbonyl (C=O) groups is 3. The standard InChI is InChI=1S/C23H25N5O3/c1-14(2)20(21-24-16-10-6-7-11-17(16)25-21)27-19(29)13-12-18-22(30)28(23(31)26-18)15-8-4-3-5-9-15/h3-11,14,18,20H,12-13H2,1-2H3,(H,24,25)(H,26,31)(H,27,29)/t18-,20-/m0/s1. The number of hydrogen-bond acceptors (Lipinski definition) is 4. The molecule has 0 aliphatic carbocycles. The lowest BCUT2D eigenvalue weighted by Gasteiger charge is -2.20. The van der Waals surface area contributed by atoms with Gasteiger partial charge >= 0.3 is 6.03 Å². The fourth-order valence-electron chi connectivity index (χ4n) is 3.74. The smallest absolute Gasteiger partial charge is 0.329 e. The number of fused-ring (bicyclic) bond motifs is 1. The molecular formula is C23H25N5O3. The van der Waals surface area contributed by atoms with Crippen molar-refractivity contribution in [2.24, 2.45) is 5.92 Å². The van der Waals surface area contributed by atoms with E-state index in [2.05, 4.69) is 20.6 Å². The topological polar surface area (TPSA) is 107 Å². The summed E-state index contributed by atoms with van der Waals surface area (Å²) in [6.07, 6.45) is 0.341. The lowest BCUT2D eigenvalue weighted by Crippen LogP contribution is -2.35. The summed E-state index contributed by atoms with van der Waals surface area (Å²) < 4.78 is 0. The monoisotopic (exact) mass is 419 g/mol. The van der Waals surface area contributed by atoms with Crippen molar-refractivity contribution >= 4 is 34.6 Å². The lowest BCUT2D eigenvalue weighted by atomic mass is 10.0. The normalized spacial score (nSPS) is 17.3. The average molecular weight is 419 g/mol. The molecule has 2 atom stereocenters. The molecule has 1 fully saturated rings. The van der Waals surface area contributed by atoms with Crippen LogP contribution in [0.3, 0.4) is 0 Å². The van der Waals surface area contributed by atoms with Crippen LogP contribution in [0.1, 0.15) is 38.6 Å². The number of imidazole rings is 1.